The molecule has 6 nitrogen and oxygen atoms in total. The molecule has 0 aromatic rings. The van der Waals surface area contributed by atoms with Crippen molar-refractivity contribution in [3.05, 3.63) is 36.5 Å². The summed E-state index contributed by atoms with van der Waals surface area (Å²) in [5, 5.41) is 5.73. The molecule has 0 heterocycles. The molecule has 0 aliphatic rings. The lowest BCUT2D eigenvalue weighted by atomic mass is 9.93. The molecule has 0 saturated carbocycles. The van der Waals surface area contributed by atoms with Gasteiger partial charge in [-0.05, 0) is 27.7 Å². The molecule has 0 unspecified atom stereocenters. The smallest absolute Gasteiger partial charge is 0.407 e. The van der Waals surface area contributed by atoms with Crippen LogP contribution in [-0.4, -0.2) is 43.9 Å². The number of carbonyl (C=O) groups excluding carboxylic acids is 2. The van der Waals surface area contributed by atoms with Gasteiger partial charge in [-0.15, -0.1) is 0 Å². The van der Waals surface area contributed by atoms with E-state index in [1.165, 1.54) is 6.42 Å². The Balaban J connectivity index is 0. The predicted octanol–water partition coefficient (Wildman–Crippen LogP) is 5.80. The average Bonchev–Trinajstić information content (AvgIpc) is 2.63. The second kappa shape index (κ2) is 15.7. The molecule has 32 heavy (non-hydrogen) atoms. The van der Waals surface area contributed by atoms with Gasteiger partial charge in [0.25, 0.3) is 5.91 Å². The van der Waals surface area contributed by atoms with E-state index in [1.807, 2.05) is 61.5 Å². The zero-order valence-corrected chi connectivity index (χ0v) is 22.2. The third kappa shape index (κ3) is 18.7. The van der Waals surface area contributed by atoms with Gasteiger partial charge >= 0.3 is 6.09 Å². The average molecular weight is 453 g/mol. The lowest BCUT2D eigenvalue weighted by molar-refractivity contribution is -0.117. The number of alkyl carbamates (subject to hydrolysis) is 1. The molecule has 0 radical (unpaired) electrons. The maximum absolute atomic E-state index is 12.3. The molecule has 0 aromatic carbocycles. The summed E-state index contributed by atoms with van der Waals surface area (Å²) in [6.45, 7) is 25.2. The van der Waals surface area contributed by atoms with Gasteiger partial charge in [-0.1, -0.05) is 78.8 Å². The Labute approximate surface area is 196 Å². The standard InChI is InChI=1S/C23H40N2O4.C3H8/c1-10-12-18(13-11-2)19(26)24-14-22(6,7)16-28-17-23(8,9)15-25-20(27)29-21(3,4)5;1-3-2/h10-13H,1,14-17H2,2-9H3,(H,24,26)(H,25,27);3H2,1-2H3/b13-11-,18-12+;. The zero-order chi connectivity index (χ0) is 25.4. The highest BCUT2D eigenvalue weighted by atomic mass is 16.6. The van der Waals surface area contributed by atoms with Crippen molar-refractivity contribution in [1.29, 1.82) is 0 Å². The Morgan fingerprint density at radius 3 is 1.78 bits per heavy atom. The highest BCUT2D eigenvalue weighted by molar-refractivity contribution is 5.96. The topological polar surface area (TPSA) is 76.7 Å². The predicted molar refractivity (Wildman–Crippen MR) is 135 cm³/mol. The van der Waals surface area contributed by atoms with Gasteiger partial charge in [0.05, 0.1) is 13.2 Å². The highest BCUT2D eigenvalue weighted by Crippen LogP contribution is 2.19. The summed E-state index contributed by atoms with van der Waals surface area (Å²) in [5.74, 6) is -0.141. The number of nitrogens with one attached hydrogen (secondary N) is 2. The van der Waals surface area contributed by atoms with Crippen molar-refractivity contribution >= 4 is 12.0 Å². The summed E-state index contributed by atoms with van der Waals surface area (Å²) in [7, 11) is 0. The van der Waals surface area contributed by atoms with Crippen LogP contribution in [0, 0.1) is 10.8 Å². The first kappa shape index (κ1) is 32.1. The van der Waals surface area contributed by atoms with E-state index in [-0.39, 0.29) is 16.7 Å². The molecule has 0 bridgehead atoms. The second-order valence-electron chi connectivity index (χ2n) is 10.4. The largest absolute Gasteiger partial charge is 0.444 e. The number of amides is 2. The molecule has 186 valence electrons. The van der Waals surface area contributed by atoms with Gasteiger partial charge in [-0.25, -0.2) is 4.79 Å². The van der Waals surface area contributed by atoms with Gasteiger partial charge in [-0.2, -0.15) is 0 Å². The second-order valence-corrected chi connectivity index (χ2v) is 10.4. The van der Waals surface area contributed by atoms with Crippen LogP contribution in [0.2, 0.25) is 0 Å². The Morgan fingerprint density at radius 2 is 1.38 bits per heavy atom. The van der Waals surface area contributed by atoms with Crippen LogP contribution in [0.15, 0.2) is 36.5 Å². The molecule has 0 fully saturated rings. The van der Waals surface area contributed by atoms with Crippen LogP contribution in [0.5, 0.6) is 0 Å². The van der Waals surface area contributed by atoms with E-state index in [0.717, 1.165) is 0 Å². The minimum absolute atomic E-state index is 0.141. The van der Waals surface area contributed by atoms with Gasteiger partial charge in [-0.3, -0.25) is 4.79 Å². The molecule has 0 atom stereocenters. The molecule has 0 rings (SSSR count). The highest BCUT2D eigenvalue weighted by Gasteiger charge is 2.25. The molecule has 6 heteroatoms. The van der Waals surface area contributed by atoms with E-state index >= 15 is 0 Å². The number of ether oxygens (including phenoxy) is 2. The number of hydrogen-bond donors (Lipinski definition) is 2. The quantitative estimate of drug-likeness (QED) is 0.307. The van der Waals surface area contributed by atoms with E-state index < -0.39 is 11.7 Å². The first-order valence-electron chi connectivity index (χ1n) is 11.4. The van der Waals surface area contributed by atoms with Crippen molar-refractivity contribution in [3.63, 3.8) is 0 Å². The van der Waals surface area contributed by atoms with E-state index in [9.17, 15) is 9.59 Å². The van der Waals surface area contributed by atoms with Crippen molar-refractivity contribution in [2.24, 2.45) is 10.8 Å². The molecular weight excluding hydrogens is 404 g/mol. The van der Waals surface area contributed by atoms with Crippen LogP contribution in [-0.2, 0) is 14.3 Å². The van der Waals surface area contributed by atoms with Gasteiger partial charge in [0.2, 0.25) is 0 Å². The number of carbonyl (C=O) groups is 2. The monoisotopic (exact) mass is 452 g/mol. The van der Waals surface area contributed by atoms with Gasteiger partial charge in [0, 0.05) is 29.5 Å². The molecule has 0 aliphatic heterocycles. The van der Waals surface area contributed by atoms with Crippen molar-refractivity contribution in [2.75, 3.05) is 26.3 Å². The normalized spacial score (nSPS) is 12.6. The maximum Gasteiger partial charge on any atom is 0.407 e. The van der Waals surface area contributed by atoms with Gasteiger partial charge < -0.3 is 20.1 Å². The molecule has 2 N–H and O–H groups in total. The molecular formula is C26H48N2O4. The van der Waals surface area contributed by atoms with Crippen molar-refractivity contribution in [1.82, 2.24) is 10.6 Å². The van der Waals surface area contributed by atoms with Crippen molar-refractivity contribution in [3.8, 4) is 0 Å². The number of hydrogen-bond acceptors (Lipinski definition) is 4. The first-order valence-corrected chi connectivity index (χ1v) is 11.4. The minimum atomic E-state index is -0.521. The van der Waals surface area contributed by atoms with Crippen LogP contribution in [0.25, 0.3) is 0 Å². The Kier molecular flexibility index (Phi) is 15.7. The Morgan fingerprint density at radius 1 is 0.906 bits per heavy atom. The van der Waals surface area contributed by atoms with E-state index in [0.29, 0.717) is 31.9 Å². The SMILES string of the molecule is C=C/C=C(\C=C/C)C(=O)NCC(C)(C)COCC(C)(C)CNC(=O)OC(C)(C)C.CCC. The van der Waals surface area contributed by atoms with Crippen molar-refractivity contribution < 1.29 is 19.1 Å². The van der Waals surface area contributed by atoms with Gasteiger partial charge in [0.15, 0.2) is 0 Å². The number of rotatable bonds is 11. The third-order valence-electron chi connectivity index (χ3n) is 3.73. The minimum Gasteiger partial charge on any atom is -0.444 e. The van der Waals surface area contributed by atoms with E-state index in [2.05, 4.69) is 31.1 Å². The summed E-state index contributed by atoms with van der Waals surface area (Å²) in [4.78, 5) is 24.1. The maximum atomic E-state index is 12.3. The Bertz CT molecular complexity index is 626. The summed E-state index contributed by atoms with van der Waals surface area (Å²) < 4.78 is 11.1. The molecule has 0 aliphatic carbocycles. The summed E-state index contributed by atoms with van der Waals surface area (Å²) in [5.41, 5.74) is -0.442. The fraction of sp³-hybridized carbons (Fsp3) is 0.692. The van der Waals surface area contributed by atoms with Crippen LogP contribution < -0.4 is 10.6 Å². The molecule has 0 saturated heterocycles. The summed E-state index contributed by atoms with van der Waals surface area (Å²) in [6, 6.07) is 0. The molecule has 0 spiro atoms. The number of allylic oxidation sites excluding steroid dienone is 3. The fourth-order valence-corrected chi connectivity index (χ4v) is 2.27. The van der Waals surface area contributed by atoms with Crippen molar-refractivity contribution in [2.45, 2.75) is 81.3 Å². The van der Waals surface area contributed by atoms with Crippen LogP contribution in [0.1, 0.15) is 75.7 Å². The fourth-order valence-electron chi connectivity index (χ4n) is 2.27. The van der Waals surface area contributed by atoms with Gasteiger partial charge in [0.1, 0.15) is 5.60 Å². The summed E-state index contributed by atoms with van der Waals surface area (Å²) >= 11 is 0. The van der Waals surface area contributed by atoms with E-state index in [1.54, 1.807) is 18.2 Å². The zero-order valence-electron chi connectivity index (χ0n) is 22.2. The molecule has 0 aromatic heterocycles. The van der Waals surface area contributed by atoms with Crippen LogP contribution in [0.4, 0.5) is 4.79 Å². The summed E-state index contributed by atoms with van der Waals surface area (Å²) in [6.07, 6.45) is 7.66. The molecule has 2 amide bonds. The van der Waals surface area contributed by atoms with E-state index in [4.69, 9.17) is 9.47 Å². The first-order chi connectivity index (χ1) is 14.6. The van der Waals surface area contributed by atoms with Crippen LogP contribution in [0.3, 0.4) is 0 Å². The third-order valence-corrected chi connectivity index (χ3v) is 3.73. The van der Waals surface area contributed by atoms with Crippen LogP contribution >= 0.6 is 0 Å². The lowest BCUT2D eigenvalue weighted by Crippen LogP contribution is -2.41. The lowest BCUT2D eigenvalue weighted by Gasteiger charge is -2.30. The Hall–Kier alpha value is -2.08.